The molecule has 0 spiro atoms. The van der Waals surface area contributed by atoms with Gasteiger partial charge >= 0.3 is 0 Å². The van der Waals surface area contributed by atoms with E-state index in [2.05, 4.69) is 31.2 Å². The molecule has 1 N–H and O–H groups in total. The first-order valence-corrected chi connectivity index (χ1v) is 8.26. The Labute approximate surface area is 156 Å². The molecule has 0 bridgehead atoms. The second kappa shape index (κ2) is 7.31. The SMILES string of the molecule is O=C(NCCn1nnc2ccc(F)cc2c1=O)c1cccc(-n2cnnn2)c1. The summed E-state index contributed by atoms with van der Waals surface area (Å²) in [6, 6.07) is 10.5. The van der Waals surface area contributed by atoms with E-state index in [9.17, 15) is 14.0 Å². The Bertz CT molecular complexity index is 1210. The average molecular weight is 380 g/mol. The van der Waals surface area contributed by atoms with E-state index in [1.54, 1.807) is 24.3 Å². The minimum absolute atomic E-state index is 0.0940. The minimum Gasteiger partial charge on any atom is -0.350 e. The Morgan fingerprint density at radius 3 is 2.86 bits per heavy atom. The first-order chi connectivity index (χ1) is 13.6. The number of carbonyl (C=O) groups is 1. The molecular formula is C17H13FN8O2. The standard InChI is InChI=1S/C17H13FN8O2/c18-12-4-5-15-14(9-12)17(28)25(23-21-15)7-6-19-16(27)11-2-1-3-13(8-11)26-10-20-22-24-26/h1-5,8-10H,6-7H2,(H,19,27). The first kappa shape index (κ1) is 17.4. The Hall–Kier alpha value is -4.02. The number of rotatable bonds is 5. The van der Waals surface area contributed by atoms with Crippen molar-refractivity contribution in [3.8, 4) is 5.69 Å². The number of carbonyl (C=O) groups excluding carboxylic acids is 1. The van der Waals surface area contributed by atoms with E-state index in [0.29, 0.717) is 16.8 Å². The molecule has 0 saturated carbocycles. The normalized spacial score (nSPS) is 10.9. The monoisotopic (exact) mass is 380 g/mol. The van der Waals surface area contributed by atoms with Crippen molar-refractivity contribution < 1.29 is 9.18 Å². The van der Waals surface area contributed by atoms with Crippen LogP contribution in [-0.2, 0) is 6.54 Å². The molecule has 0 fully saturated rings. The van der Waals surface area contributed by atoms with Gasteiger partial charge < -0.3 is 5.32 Å². The van der Waals surface area contributed by atoms with Crippen LogP contribution in [0.3, 0.4) is 0 Å². The van der Waals surface area contributed by atoms with Crippen LogP contribution in [0.4, 0.5) is 4.39 Å². The van der Waals surface area contributed by atoms with Crippen LogP contribution in [0.15, 0.2) is 53.6 Å². The van der Waals surface area contributed by atoms with Gasteiger partial charge in [-0.2, -0.15) is 0 Å². The van der Waals surface area contributed by atoms with Crippen molar-refractivity contribution in [3.63, 3.8) is 0 Å². The number of halogens is 1. The van der Waals surface area contributed by atoms with E-state index >= 15 is 0 Å². The van der Waals surface area contributed by atoms with Gasteiger partial charge in [0.05, 0.1) is 17.6 Å². The molecule has 2 aromatic heterocycles. The number of amides is 1. The highest BCUT2D eigenvalue weighted by Gasteiger charge is 2.09. The summed E-state index contributed by atoms with van der Waals surface area (Å²) in [7, 11) is 0. The molecule has 11 heteroatoms. The highest BCUT2D eigenvalue weighted by atomic mass is 19.1. The number of benzene rings is 2. The van der Waals surface area contributed by atoms with Crippen LogP contribution in [0.5, 0.6) is 0 Å². The summed E-state index contributed by atoms with van der Waals surface area (Å²) in [4.78, 5) is 24.7. The maximum Gasteiger partial charge on any atom is 0.277 e. The Morgan fingerprint density at radius 1 is 1.14 bits per heavy atom. The Morgan fingerprint density at radius 2 is 2.04 bits per heavy atom. The molecule has 0 atom stereocenters. The summed E-state index contributed by atoms with van der Waals surface area (Å²) in [5.41, 5.74) is 0.883. The average Bonchev–Trinajstić information content (AvgIpc) is 3.25. The largest absolute Gasteiger partial charge is 0.350 e. The zero-order chi connectivity index (χ0) is 19.5. The summed E-state index contributed by atoms with van der Waals surface area (Å²) >= 11 is 0. The second-order valence-electron chi connectivity index (χ2n) is 5.84. The maximum atomic E-state index is 13.4. The van der Waals surface area contributed by atoms with E-state index in [-0.39, 0.29) is 24.4 Å². The van der Waals surface area contributed by atoms with Crippen molar-refractivity contribution in [2.75, 3.05) is 6.54 Å². The molecular weight excluding hydrogens is 367 g/mol. The van der Waals surface area contributed by atoms with Gasteiger partial charge in [0.2, 0.25) is 0 Å². The molecule has 140 valence electrons. The van der Waals surface area contributed by atoms with Gasteiger partial charge in [-0.15, -0.1) is 10.2 Å². The van der Waals surface area contributed by atoms with Crippen molar-refractivity contribution in [3.05, 3.63) is 70.5 Å². The third-order valence-corrected chi connectivity index (χ3v) is 4.01. The van der Waals surface area contributed by atoms with Gasteiger partial charge in [0.25, 0.3) is 11.5 Å². The smallest absolute Gasteiger partial charge is 0.277 e. The predicted molar refractivity (Wildman–Crippen MR) is 95.2 cm³/mol. The molecule has 2 heterocycles. The third-order valence-electron chi connectivity index (χ3n) is 4.01. The van der Waals surface area contributed by atoms with Gasteiger partial charge in [-0.05, 0) is 46.8 Å². The lowest BCUT2D eigenvalue weighted by atomic mass is 10.2. The van der Waals surface area contributed by atoms with Crippen LogP contribution in [0, 0.1) is 5.82 Å². The van der Waals surface area contributed by atoms with Crippen LogP contribution in [0.25, 0.3) is 16.6 Å². The van der Waals surface area contributed by atoms with E-state index in [1.807, 2.05) is 0 Å². The van der Waals surface area contributed by atoms with E-state index in [0.717, 1.165) is 10.7 Å². The van der Waals surface area contributed by atoms with Crippen LogP contribution in [0.1, 0.15) is 10.4 Å². The predicted octanol–water partition coefficient (Wildman–Crippen LogP) is 0.336. The third kappa shape index (κ3) is 3.45. The number of hydrogen-bond acceptors (Lipinski definition) is 7. The van der Waals surface area contributed by atoms with Crippen molar-refractivity contribution in [1.82, 2.24) is 40.5 Å². The maximum absolute atomic E-state index is 13.4. The molecule has 1 amide bonds. The van der Waals surface area contributed by atoms with Crippen molar-refractivity contribution in [2.24, 2.45) is 0 Å². The molecule has 2 aromatic carbocycles. The lowest BCUT2D eigenvalue weighted by molar-refractivity contribution is 0.0951. The number of fused-ring (bicyclic) bond motifs is 1. The van der Waals surface area contributed by atoms with E-state index in [4.69, 9.17) is 0 Å². The number of aromatic nitrogens is 7. The molecule has 0 radical (unpaired) electrons. The molecule has 0 saturated heterocycles. The zero-order valence-electron chi connectivity index (χ0n) is 14.4. The molecule has 10 nitrogen and oxygen atoms in total. The fourth-order valence-electron chi connectivity index (χ4n) is 2.64. The minimum atomic E-state index is -0.528. The van der Waals surface area contributed by atoms with E-state index < -0.39 is 11.4 Å². The van der Waals surface area contributed by atoms with Gasteiger partial charge in [0.1, 0.15) is 17.7 Å². The number of hydrogen-bond donors (Lipinski definition) is 1. The number of nitrogens with zero attached hydrogens (tertiary/aromatic N) is 7. The van der Waals surface area contributed by atoms with E-state index in [1.165, 1.54) is 23.1 Å². The highest BCUT2D eigenvalue weighted by Crippen LogP contribution is 2.09. The van der Waals surface area contributed by atoms with Crippen molar-refractivity contribution in [2.45, 2.75) is 6.54 Å². The van der Waals surface area contributed by atoms with Gasteiger partial charge in [-0.1, -0.05) is 11.3 Å². The van der Waals surface area contributed by atoms with Crippen LogP contribution in [0.2, 0.25) is 0 Å². The summed E-state index contributed by atoms with van der Waals surface area (Å²) in [6.45, 7) is 0.236. The van der Waals surface area contributed by atoms with Crippen LogP contribution in [-0.4, -0.2) is 47.7 Å². The molecule has 0 aliphatic carbocycles. The second-order valence-corrected chi connectivity index (χ2v) is 5.84. The summed E-state index contributed by atoms with van der Waals surface area (Å²) in [5.74, 6) is -0.859. The zero-order valence-corrected chi connectivity index (χ0v) is 14.4. The molecule has 0 unspecified atom stereocenters. The van der Waals surface area contributed by atoms with Crippen LogP contribution >= 0.6 is 0 Å². The van der Waals surface area contributed by atoms with Crippen molar-refractivity contribution >= 4 is 16.8 Å². The van der Waals surface area contributed by atoms with Gasteiger partial charge in [-0.3, -0.25) is 9.59 Å². The summed E-state index contributed by atoms with van der Waals surface area (Å²) in [6.07, 6.45) is 1.42. The Kier molecular flexibility index (Phi) is 4.54. The molecule has 4 aromatic rings. The lowest BCUT2D eigenvalue weighted by Crippen LogP contribution is -2.32. The highest BCUT2D eigenvalue weighted by molar-refractivity contribution is 5.94. The quantitative estimate of drug-likeness (QED) is 0.530. The topological polar surface area (TPSA) is 120 Å². The molecule has 0 aliphatic heterocycles. The van der Waals surface area contributed by atoms with Crippen LogP contribution < -0.4 is 10.9 Å². The van der Waals surface area contributed by atoms with Gasteiger partial charge in [0, 0.05) is 12.1 Å². The fraction of sp³-hybridized carbons (Fsp3) is 0.118. The summed E-state index contributed by atoms with van der Waals surface area (Å²) in [5, 5.41) is 21.4. The first-order valence-electron chi connectivity index (χ1n) is 8.26. The fourth-order valence-corrected chi connectivity index (χ4v) is 2.64. The Balaban J connectivity index is 1.45. The number of nitrogens with one attached hydrogen (secondary N) is 1. The van der Waals surface area contributed by atoms with Gasteiger partial charge in [-0.25, -0.2) is 13.8 Å². The molecule has 4 rings (SSSR count). The number of tetrazole rings is 1. The van der Waals surface area contributed by atoms with Crippen molar-refractivity contribution in [1.29, 1.82) is 0 Å². The lowest BCUT2D eigenvalue weighted by Gasteiger charge is -2.08. The summed E-state index contributed by atoms with van der Waals surface area (Å²) < 4.78 is 15.9. The molecule has 0 aliphatic rings. The molecule has 28 heavy (non-hydrogen) atoms. The van der Waals surface area contributed by atoms with Gasteiger partial charge in [0.15, 0.2) is 0 Å².